The van der Waals surface area contributed by atoms with E-state index in [1.807, 2.05) is 39.0 Å². The molecule has 5 nitrogen and oxygen atoms in total. The molecule has 0 radical (unpaired) electrons. The number of aliphatic carboxylic acids is 1. The number of aryl methyl sites for hydroxylation is 2. The summed E-state index contributed by atoms with van der Waals surface area (Å²) in [6.07, 6.45) is 0. The molecule has 0 aromatic heterocycles. The summed E-state index contributed by atoms with van der Waals surface area (Å²) < 4.78 is 5.30. The Balaban J connectivity index is 1.98. The molecule has 1 heterocycles. The van der Waals surface area contributed by atoms with Crippen molar-refractivity contribution in [3.05, 3.63) is 34.9 Å². The van der Waals surface area contributed by atoms with Crippen molar-refractivity contribution in [3.8, 4) is 0 Å². The van der Waals surface area contributed by atoms with Gasteiger partial charge in [0, 0.05) is 5.56 Å². The summed E-state index contributed by atoms with van der Waals surface area (Å²) in [5.41, 5.74) is 2.22. The van der Waals surface area contributed by atoms with Gasteiger partial charge in [-0.15, -0.1) is 0 Å². The maximum atomic E-state index is 12.3. The average Bonchev–Trinajstić information content (AvgIpc) is 2.32. The van der Waals surface area contributed by atoms with Crippen molar-refractivity contribution in [2.45, 2.75) is 26.4 Å². The summed E-state index contributed by atoms with van der Waals surface area (Å²) in [6, 6.07) is 5.73. The Morgan fingerprint density at radius 1 is 1.35 bits per heavy atom. The SMILES string of the molecule is Cc1ccc(C(=O)N2CC(C)(OCC(=O)O)C2)c(C)c1. The number of carboxylic acids is 1. The fourth-order valence-electron chi connectivity index (χ4n) is 2.46. The quantitative estimate of drug-likeness (QED) is 0.908. The number of carboxylic acid groups (broad SMARTS) is 1. The number of ether oxygens (including phenoxy) is 1. The Kier molecular flexibility index (Phi) is 3.81. The van der Waals surface area contributed by atoms with Crippen LogP contribution in [0.2, 0.25) is 0 Å². The highest BCUT2D eigenvalue weighted by atomic mass is 16.5. The van der Waals surface area contributed by atoms with Crippen molar-refractivity contribution in [2.75, 3.05) is 19.7 Å². The van der Waals surface area contributed by atoms with Crippen LogP contribution in [0.15, 0.2) is 18.2 Å². The lowest BCUT2D eigenvalue weighted by Crippen LogP contribution is -2.63. The number of likely N-dealkylation sites (tertiary alicyclic amines) is 1. The fraction of sp³-hybridized carbons (Fsp3) is 0.467. The smallest absolute Gasteiger partial charge is 0.329 e. The molecular formula is C15H19NO4. The van der Waals surface area contributed by atoms with Gasteiger partial charge in [0.25, 0.3) is 5.91 Å². The minimum Gasteiger partial charge on any atom is -0.480 e. The first kappa shape index (κ1) is 14.5. The molecule has 0 saturated carbocycles. The van der Waals surface area contributed by atoms with Gasteiger partial charge in [0.2, 0.25) is 0 Å². The molecule has 0 bridgehead atoms. The van der Waals surface area contributed by atoms with Gasteiger partial charge >= 0.3 is 5.97 Å². The summed E-state index contributed by atoms with van der Waals surface area (Å²) >= 11 is 0. The molecule has 0 aliphatic carbocycles. The monoisotopic (exact) mass is 277 g/mol. The van der Waals surface area contributed by atoms with E-state index in [-0.39, 0.29) is 12.5 Å². The Morgan fingerprint density at radius 2 is 2.00 bits per heavy atom. The number of benzene rings is 1. The third-order valence-corrected chi connectivity index (χ3v) is 3.49. The van der Waals surface area contributed by atoms with E-state index in [0.717, 1.165) is 11.1 Å². The molecule has 108 valence electrons. The number of amides is 1. The summed E-state index contributed by atoms with van der Waals surface area (Å²) in [6.45, 7) is 6.24. The molecule has 1 amide bonds. The van der Waals surface area contributed by atoms with Gasteiger partial charge in [-0.05, 0) is 32.4 Å². The number of carbonyl (C=O) groups excluding carboxylic acids is 1. The largest absolute Gasteiger partial charge is 0.480 e. The van der Waals surface area contributed by atoms with Crippen molar-refractivity contribution in [1.82, 2.24) is 4.90 Å². The summed E-state index contributed by atoms with van der Waals surface area (Å²) in [7, 11) is 0. The predicted octanol–water partition coefficient (Wildman–Crippen LogP) is 1.62. The van der Waals surface area contributed by atoms with Crippen molar-refractivity contribution >= 4 is 11.9 Å². The second kappa shape index (κ2) is 5.25. The Morgan fingerprint density at radius 3 is 2.55 bits per heavy atom. The van der Waals surface area contributed by atoms with Crippen molar-refractivity contribution < 1.29 is 19.4 Å². The van der Waals surface area contributed by atoms with E-state index in [1.54, 1.807) is 4.90 Å². The molecule has 1 aromatic rings. The molecule has 1 aliphatic heterocycles. The topological polar surface area (TPSA) is 66.8 Å². The zero-order valence-electron chi connectivity index (χ0n) is 12.0. The van der Waals surface area contributed by atoms with Crippen molar-refractivity contribution in [3.63, 3.8) is 0 Å². The lowest BCUT2D eigenvalue weighted by atomic mass is 9.94. The van der Waals surface area contributed by atoms with Gasteiger partial charge in [-0.2, -0.15) is 0 Å². The summed E-state index contributed by atoms with van der Waals surface area (Å²) in [4.78, 5) is 24.5. The van der Waals surface area contributed by atoms with Crippen LogP contribution in [0.3, 0.4) is 0 Å². The van der Waals surface area contributed by atoms with Crippen LogP contribution in [0.4, 0.5) is 0 Å². The number of hydrogen-bond donors (Lipinski definition) is 1. The summed E-state index contributed by atoms with van der Waals surface area (Å²) in [5, 5.41) is 8.61. The Hall–Kier alpha value is -1.88. The molecular weight excluding hydrogens is 258 g/mol. The lowest BCUT2D eigenvalue weighted by Gasteiger charge is -2.47. The maximum absolute atomic E-state index is 12.3. The molecule has 1 aliphatic rings. The van der Waals surface area contributed by atoms with Crippen molar-refractivity contribution in [2.24, 2.45) is 0 Å². The van der Waals surface area contributed by atoms with E-state index >= 15 is 0 Å². The Labute approximate surface area is 118 Å². The first-order chi connectivity index (χ1) is 9.31. The third-order valence-electron chi connectivity index (χ3n) is 3.49. The zero-order valence-corrected chi connectivity index (χ0v) is 12.0. The van der Waals surface area contributed by atoms with Crippen LogP contribution in [0.5, 0.6) is 0 Å². The van der Waals surface area contributed by atoms with Gasteiger partial charge < -0.3 is 14.7 Å². The van der Waals surface area contributed by atoms with E-state index in [9.17, 15) is 9.59 Å². The minimum absolute atomic E-state index is 0.0288. The molecule has 20 heavy (non-hydrogen) atoms. The van der Waals surface area contributed by atoms with Crippen LogP contribution in [0.25, 0.3) is 0 Å². The molecule has 1 N–H and O–H groups in total. The number of carbonyl (C=O) groups is 2. The molecule has 1 fully saturated rings. The van der Waals surface area contributed by atoms with Gasteiger partial charge in [0.1, 0.15) is 12.2 Å². The highest BCUT2D eigenvalue weighted by Gasteiger charge is 2.43. The first-order valence-corrected chi connectivity index (χ1v) is 6.53. The van der Waals surface area contributed by atoms with E-state index in [1.165, 1.54) is 0 Å². The van der Waals surface area contributed by atoms with Crippen LogP contribution in [-0.4, -0.2) is 47.2 Å². The number of hydrogen-bond acceptors (Lipinski definition) is 3. The number of nitrogens with zero attached hydrogens (tertiary/aromatic N) is 1. The standard InChI is InChI=1S/C15H19NO4/c1-10-4-5-12(11(2)6-10)14(19)16-8-15(3,9-16)20-7-13(17)18/h4-6H,7-9H2,1-3H3,(H,17,18). The molecule has 5 heteroatoms. The molecule has 1 saturated heterocycles. The van der Waals surface area contributed by atoms with Crippen LogP contribution < -0.4 is 0 Å². The molecule has 0 spiro atoms. The maximum Gasteiger partial charge on any atom is 0.329 e. The third kappa shape index (κ3) is 2.99. The summed E-state index contributed by atoms with van der Waals surface area (Å²) in [5.74, 6) is -1.02. The van der Waals surface area contributed by atoms with Crippen LogP contribution in [-0.2, 0) is 9.53 Å². The molecule has 0 atom stereocenters. The predicted molar refractivity (Wildman–Crippen MR) is 73.8 cm³/mol. The van der Waals surface area contributed by atoms with Gasteiger partial charge in [-0.1, -0.05) is 17.7 Å². The van der Waals surface area contributed by atoms with E-state index in [0.29, 0.717) is 18.7 Å². The van der Waals surface area contributed by atoms with Crippen LogP contribution in [0, 0.1) is 13.8 Å². The van der Waals surface area contributed by atoms with Crippen molar-refractivity contribution in [1.29, 1.82) is 0 Å². The van der Waals surface area contributed by atoms with Gasteiger partial charge in [-0.3, -0.25) is 4.79 Å². The van der Waals surface area contributed by atoms with E-state index < -0.39 is 11.6 Å². The Bertz CT molecular complexity index is 547. The highest BCUT2D eigenvalue weighted by Crippen LogP contribution is 2.27. The molecule has 0 unspecified atom stereocenters. The van der Waals surface area contributed by atoms with E-state index in [2.05, 4.69) is 0 Å². The zero-order chi connectivity index (χ0) is 14.9. The van der Waals surface area contributed by atoms with E-state index in [4.69, 9.17) is 9.84 Å². The van der Waals surface area contributed by atoms with Gasteiger partial charge in [-0.25, -0.2) is 4.79 Å². The first-order valence-electron chi connectivity index (χ1n) is 6.53. The number of rotatable bonds is 4. The van der Waals surface area contributed by atoms with Gasteiger partial charge in [0.15, 0.2) is 0 Å². The fourth-order valence-corrected chi connectivity index (χ4v) is 2.46. The highest BCUT2D eigenvalue weighted by molar-refractivity contribution is 5.96. The second-order valence-corrected chi connectivity index (χ2v) is 5.61. The average molecular weight is 277 g/mol. The molecule has 2 rings (SSSR count). The molecule has 1 aromatic carbocycles. The van der Waals surface area contributed by atoms with Crippen LogP contribution in [0.1, 0.15) is 28.4 Å². The van der Waals surface area contributed by atoms with Gasteiger partial charge in [0.05, 0.1) is 13.1 Å². The second-order valence-electron chi connectivity index (χ2n) is 5.61. The lowest BCUT2D eigenvalue weighted by molar-refractivity contribution is -0.159. The normalized spacial score (nSPS) is 16.6. The minimum atomic E-state index is -0.995. The van der Waals surface area contributed by atoms with Crippen LogP contribution >= 0.6 is 0 Å².